The van der Waals surface area contributed by atoms with Crippen LogP contribution in [0.4, 0.5) is 0 Å². The third-order valence-electron chi connectivity index (χ3n) is 8.02. The molecule has 1 aromatic heterocycles. The number of likely N-dealkylation sites (tertiary alicyclic amines) is 2. The Morgan fingerprint density at radius 3 is 2.50 bits per heavy atom. The third kappa shape index (κ3) is 6.92. The van der Waals surface area contributed by atoms with Gasteiger partial charge in [-0.1, -0.05) is 59.6 Å². The second-order valence-corrected chi connectivity index (χ2v) is 12.3. The van der Waals surface area contributed by atoms with Crippen LogP contribution in [0.2, 0.25) is 10.0 Å². The van der Waals surface area contributed by atoms with Crippen molar-refractivity contribution in [2.24, 2.45) is 11.8 Å². The molecule has 2 aromatic carbocycles. The number of hydrogen-bond donors (Lipinski definition) is 1. The smallest absolute Gasteiger partial charge is 0.0583 e. The Labute approximate surface area is 229 Å². The SMILES string of the molecule is OC(Cc1ccccc1)CC1CCN(C[C@H]2CN(Cc3ccc(Cl)cc3Cl)C[C@@H]2c2ccsc2)CC1. The van der Waals surface area contributed by atoms with E-state index in [1.807, 2.05) is 18.2 Å². The molecule has 2 saturated heterocycles. The Hall–Kier alpha value is -1.40. The summed E-state index contributed by atoms with van der Waals surface area (Å²) < 4.78 is 0. The van der Waals surface area contributed by atoms with Gasteiger partial charge < -0.3 is 10.0 Å². The zero-order valence-electron chi connectivity index (χ0n) is 20.7. The van der Waals surface area contributed by atoms with Crippen molar-refractivity contribution in [3.63, 3.8) is 0 Å². The molecule has 3 nitrogen and oxygen atoms in total. The van der Waals surface area contributed by atoms with Crippen molar-refractivity contribution in [2.45, 2.75) is 44.2 Å². The lowest BCUT2D eigenvalue weighted by Gasteiger charge is -2.35. The zero-order valence-corrected chi connectivity index (χ0v) is 23.1. The second-order valence-electron chi connectivity index (χ2n) is 10.7. The van der Waals surface area contributed by atoms with Crippen LogP contribution in [0.3, 0.4) is 0 Å². The molecule has 1 unspecified atom stereocenters. The third-order valence-corrected chi connectivity index (χ3v) is 9.30. The summed E-state index contributed by atoms with van der Waals surface area (Å²) in [6, 6.07) is 18.5. The maximum atomic E-state index is 10.6. The predicted molar refractivity (Wildman–Crippen MR) is 152 cm³/mol. The minimum Gasteiger partial charge on any atom is -0.393 e. The lowest BCUT2D eigenvalue weighted by Crippen LogP contribution is -2.39. The number of rotatable bonds is 9. The molecule has 0 spiro atoms. The molecule has 5 rings (SSSR count). The Morgan fingerprint density at radius 2 is 1.78 bits per heavy atom. The van der Waals surface area contributed by atoms with E-state index in [0.29, 0.717) is 22.8 Å². The summed E-state index contributed by atoms with van der Waals surface area (Å²) in [5.74, 6) is 1.80. The van der Waals surface area contributed by atoms with E-state index in [2.05, 4.69) is 57.0 Å². The summed E-state index contributed by atoms with van der Waals surface area (Å²) >= 11 is 14.4. The van der Waals surface area contributed by atoms with E-state index in [1.165, 1.54) is 24.0 Å². The summed E-state index contributed by atoms with van der Waals surface area (Å²) in [7, 11) is 0. The fourth-order valence-corrected chi connectivity index (χ4v) is 7.31. The first-order valence-corrected chi connectivity index (χ1v) is 14.9. The molecule has 3 aromatic rings. The molecule has 6 heteroatoms. The highest BCUT2D eigenvalue weighted by molar-refractivity contribution is 7.08. The Morgan fingerprint density at radius 1 is 0.972 bits per heavy atom. The Kier molecular flexibility index (Phi) is 9.05. The van der Waals surface area contributed by atoms with Crippen LogP contribution in [0, 0.1) is 11.8 Å². The van der Waals surface area contributed by atoms with Crippen molar-refractivity contribution in [3.05, 3.63) is 92.1 Å². The first kappa shape index (κ1) is 26.2. The molecule has 192 valence electrons. The Bertz CT molecular complexity index is 1090. The summed E-state index contributed by atoms with van der Waals surface area (Å²) in [4.78, 5) is 5.23. The van der Waals surface area contributed by atoms with Crippen LogP contribution >= 0.6 is 34.5 Å². The normalized spacial score (nSPS) is 22.8. The standard InChI is InChI=1S/C30H36Cl2N2OS/c31-27-7-6-24(30(32)16-27)17-34-19-26(29(20-34)25-10-13-36-21-25)18-33-11-8-23(9-12-33)15-28(35)14-22-4-2-1-3-5-22/h1-7,10,13,16,21,23,26,28-29,35H,8-9,11-12,14-15,17-20H2/t26-,28?,29+/m0/s1. The number of hydrogen-bond acceptors (Lipinski definition) is 4. The number of thiophene rings is 1. The monoisotopic (exact) mass is 542 g/mol. The molecule has 2 aliphatic rings. The number of halogens is 2. The molecule has 3 heterocycles. The summed E-state index contributed by atoms with van der Waals surface area (Å²) in [6.45, 7) is 6.45. The van der Waals surface area contributed by atoms with E-state index in [1.54, 1.807) is 11.3 Å². The maximum absolute atomic E-state index is 10.6. The van der Waals surface area contributed by atoms with E-state index in [4.69, 9.17) is 23.2 Å². The van der Waals surface area contributed by atoms with E-state index in [-0.39, 0.29) is 6.10 Å². The van der Waals surface area contributed by atoms with Crippen molar-refractivity contribution < 1.29 is 5.11 Å². The quantitative estimate of drug-likeness (QED) is 0.316. The zero-order chi connectivity index (χ0) is 24.9. The van der Waals surface area contributed by atoms with Crippen LogP contribution in [0.5, 0.6) is 0 Å². The van der Waals surface area contributed by atoms with Crippen LogP contribution < -0.4 is 0 Å². The van der Waals surface area contributed by atoms with Crippen molar-refractivity contribution >= 4 is 34.5 Å². The minimum absolute atomic E-state index is 0.241. The van der Waals surface area contributed by atoms with Gasteiger partial charge in [0, 0.05) is 42.1 Å². The fourth-order valence-electron chi connectivity index (χ4n) is 6.12. The van der Waals surface area contributed by atoms with E-state index < -0.39 is 0 Å². The van der Waals surface area contributed by atoms with Gasteiger partial charge in [0.25, 0.3) is 0 Å². The van der Waals surface area contributed by atoms with Crippen LogP contribution in [0.15, 0.2) is 65.4 Å². The summed E-state index contributed by atoms with van der Waals surface area (Å²) in [5.41, 5.74) is 3.86. The molecule has 2 fully saturated rings. The van der Waals surface area contributed by atoms with Gasteiger partial charge >= 0.3 is 0 Å². The molecule has 0 aliphatic carbocycles. The second kappa shape index (κ2) is 12.4. The van der Waals surface area contributed by atoms with Gasteiger partial charge in [0.2, 0.25) is 0 Å². The Balaban J connectivity index is 1.14. The van der Waals surface area contributed by atoms with E-state index in [9.17, 15) is 5.11 Å². The van der Waals surface area contributed by atoms with Crippen molar-refractivity contribution in [2.75, 3.05) is 32.7 Å². The highest BCUT2D eigenvalue weighted by Crippen LogP contribution is 2.37. The lowest BCUT2D eigenvalue weighted by atomic mass is 9.87. The predicted octanol–water partition coefficient (Wildman–Crippen LogP) is 6.98. The highest BCUT2D eigenvalue weighted by atomic mass is 35.5. The molecule has 0 bridgehead atoms. The van der Waals surface area contributed by atoms with Gasteiger partial charge in [0.1, 0.15) is 0 Å². The molecule has 3 atom stereocenters. The van der Waals surface area contributed by atoms with Gasteiger partial charge in [-0.25, -0.2) is 0 Å². The van der Waals surface area contributed by atoms with Gasteiger partial charge in [-0.2, -0.15) is 11.3 Å². The molecule has 0 saturated carbocycles. The van der Waals surface area contributed by atoms with Gasteiger partial charge in [0.05, 0.1) is 6.10 Å². The van der Waals surface area contributed by atoms with Crippen molar-refractivity contribution in [3.8, 4) is 0 Å². The largest absolute Gasteiger partial charge is 0.393 e. The fraction of sp³-hybridized carbons (Fsp3) is 0.467. The van der Waals surface area contributed by atoms with Crippen LogP contribution in [-0.4, -0.2) is 53.7 Å². The molecule has 1 N–H and O–H groups in total. The van der Waals surface area contributed by atoms with Gasteiger partial charge in [0.15, 0.2) is 0 Å². The van der Waals surface area contributed by atoms with Gasteiger partial charge in [-0.3, -0.25) is 4.90 Å². The van der Waals surface area contributed by atoms with Crippen LogP contribution in [-0.2, 0) is 13.0 Å². The molecular formula is C30H36Cl2N2OS. The van der Waals surface area contributed by atoms with Crippen LogP contribution in [0.1, 0.15) is 41.9 Å². The highest BCUT2D eigenvalue weighted by Gasteiger charge is 2.36. The van der Waals surface area contributed by atoms with Gasteiger partial charge in [-0.15, -0.1) is 0 Å². The number of aliphatic hydroxyl groups excluding tert-OH is 1. The molecule has 36 heavy (non-hydrogen) atoms. The van der Waals surface area contributed by atoms with Crippen molar-refractivity contribution in [1.29, 1.82) is 0 Å². The summed E-state index contributed by atoms with van der Waals surface area (Å²) in [5, 5.41) is 16.6. The molecular weight excluding hydrogens is 507 g/mol. The average molecular weight is 544 g/mol. The summed E-state index contributed by atoms with van der Waals surface area (Å²) in [6.07, 6.45) is 3.81. The molecule has 2 aliphatic heterocycles. The number of benzene rings is 2. The number of piperidine rings is 1. The molecule has 0 radical (unpaired) electrons. The van der Waals surface area contributed by atoms with Crippen molar-refractivity contribution in [1.82, 2.24) is 9.80 Å². The maximum Gasteiger partial charge on any atom is 0.0583 e. The first-order chi connectivity index (χ1) is 17.5. The van der Waals surface area contributed by atoms with E-state index >= 15 is 0 Å². The topological polar surface area (TPSA) is 26.7 Å². The van der Waals surface area contributed by atoms with Crippen LogP contribution in [0.25, 0.3) is 0 Å². The lowest BCUT2D eigenvalue weighted by molar-refractivity contribution is 0.101. The number of aliphatic hydroxyl groups is 1. The number of nitrogens with zero attached hydrogens (tertiary/aromatic N) is 2. The minimum atomic E-state index is -0.241. The van der Waals surface area contributed by atoms with E-state index in [0.717, 1.165) is 62.7 Å². The van der Waals surface area contributed by atoms with Gasteiger partial charge in [-0.05, 0) is 96.3 Å². The first-order valence-electron chi connectivity index (χ1n) is 13.2. The average Bonchev–Trinajstić information content (AvgIpc) is 3.53. The molecule has 0 amide bonds.